The van der Waals surface area contributed by atoms with E-state index in [-0.39, 0.29) is 18.4 Å². The van der Waals surface area contributed by atoms with Crippen LogP contribution >= 0.6 is 23.7 Å². The van der Waals surface area contributed by atoms with Crippen LogP contribution in [0, 0.1) is 0 Å². The molecule has 3 heteroatoms. The van der Waals surface area contributed by atoms with Crippen LogP contribution in [0.1, 0.15) is 16.5 Å². The van der Waals surface area contributed by atoms with E-state index in [0.29, 0.717) is 0 Å². The first kappa shape index (κ1) is 13.1. The third-order valence-electron chi connectivity index (χ3n) is 2.98. The Labute approximate surface area is 117 Å². The first-order chi connectivity index (χ1) is 8.34. The Balaban J connectivity index is 0.00000120. The fraction of sp³-hybridized carbons (Fsp3) is 0.0667. The van der Waals surface area contributed by atoms with Crippen LogP contribution in [0.4, 0.5) is 0 Å². The van der Waals surface area contributed by atoms with Gasteiger partial charge >= 0.3 is 0 Å². The van der Waals surface area contributed by atoms with Crippen molar-refractivity contribution in [3.8, 4) is 0 Å². The molecule has 0 fully saturated rings. The summed E-state index contributed by atoms with van der Waals surface area (Å²) in [5, 5.41) is 4.57. The van der Waals surface area contributed by atoms with Gasteiger partial charge in [0.15, 0.2) is 0 Å². The van der Waals surface area contributed by atoms with Crippen LogP contribution < -0.4 is 5.73 Å². The van der Waals surface area contributed by atoms with Crippen LogP contribution in [0.5, 0.6) is 0 Å². The van der Waals surface area contributed by atoms with Gasteiger partial charge in [0.1, 0.15) is 0 Å². The highest BCUT2D eigenvalue weighted by molar-refractivity contribution is 7.10. The molecule has 0 aliphatic rings. The van der Waals surface area contributed by atoms with E-state index in [4.69, 9.17) is 5.73 Å². The van der Waals surface area contributed by atoms with Crippen molar-refractivity contribution < 1.29 is 0 Å². The van der Waals surface area contributed by atoms with Gasteiger partial charge in [-0.15, -0.1) is 23.7 Å². The molecule has 0 radical (unpaired) electrons. The molecule has 2 aromatic carbocycles. The Bertz CT molecular complexity index is 634. The normalized spacial score (nSPS) is 12.1. The number of hydrogen-bond acceptors (Lipinski definition) is 2. The van der Waals surface area contributed by atoms with E-state index in [2.05, 4.69) is 53.9 Å². The van der Waals surface area contributed by atoms with Crippen molar-refractivity contribution in [2.45, 2.75) is 6.04 Å². The topological polar surface area (TPSA) is 26.0 Å². The number of thiophene rings is 1. The van der Waals surface area contributed by atoms with E-state index in [9.17, 15) is 0 Å². The second-order valence-corrected chi connectivity index (χ2v) is 5.08. The van der Waals surface area contributed by atoms with E-state index < -0.39 is 0 Å². The number of fused-ring (bicyclic) bond motifs is 1. The Hall–Kier alpha value is -1.35. The van der Waals surface area contributed by atoms with E-state index in [1.807, 2.05) is 6.07 Å². The molecule has 0 saturated heterocycles. The molecule has 0 bridgehead atoms. The molecule has 92 valence electrons. The lowest BCUT2D eigenvalue weighted by molar-refractivity contribution is 0.896. The van der Waals surface area contributed by atoms with Gasteiger partial charge in [-0.3, -0.25) is 0 Å². The highest BCUT2D eigenvalue weighted by Crippen LogP contribution is 2.26. The predicted molar refractivity (Wildman–Crippen MR) is 81.5 cm³/mol. The number of hydrogen-bond donors (Lipinski definition) is 1. The first-order valence-corrected chi connectivity index (χ1v) is 6.50. The first-order valence-electron chi connectivity index (χ1n) is 5.62. The van der Waals surface area contributed by atoms with Crippen molar-refractivity contribution >= 4 is 34.5 Å². The summed E-state index contributed by atoms with van der Waals surface area (Å²) in [6.07, 6.45) is 0. The summed E-state index contributed by atoms with van der Waals surface area (Å²) in [6, 6.07) is 18.9. The Morgan fingerprint density at radius 1 is 0.889 bits per heavy atom. The van der Waals surface area contributed by atoms with E-state index in [1.54, 1.807) is 11.3 Å². The van der Waals surface area contributed by atoms with Crippen molar-refractivity contribution in [3.63, 3.8) is 0 Å². The number of halogens is 1. The maximum atomic E-state index is 6.26. The lowest BCUT2D eigenvalue weighted by Crippen LogP contribution is -2.09. The third-order valence-corrected chi connectivity index (χ3v) is 3.94. The zero-order chi connectivity index (χ0) is 11.7. The largest absolute Gasteiger partial charge is 0.320 e. The summed E-state index contributed by atoms with van der Waals surface area (Å²) < 4.78 is 0. The van der Waals surface area contributed by atoms with Gasteiger partial charge in [0.05, 0.1) is 6.04 Å². The van der Waals surface area contributed by atoms with Crippen molar-refractivity contribution in [1.29, 1.82) is 0 Å². The number of rotatable bonds is 2. The molecule has 0 aliphatic carbocycles. The highest BCUT2D eigenvalue weighted by Gasteiger charge is 2.09. The molecule has 1 aromatic heterocycles. The molecule has 3 rings (SSSR count). The zero-order valence-electron chi connectivity index (χ0n) is 9.74. The maximum Gasteiger partial charge on any atom is 0.0646 e. The molecule has 1 atom stereocenters. The minimum atomic E-state index is -0.0143. The molecule has 2 N–H and O–H groups in total. The summed E-state index contributed by atoms with van der Waals surface area (Å²) in [5.41, 5.74) is 7.43. The summed E-state index contributed by atoms with van der Waals surface area (Å²) in [7, 11) is 0. The second-order valence-electron chi connectivity index (χ2n) is 4.10. The molecule has 18 heavy (non-hydrogen) atoms. The number of benzene rings is 2. The van der Waals surface area contributed by atoms with Crippen molar-refractivity contribution in [2.75, 3.05) is 0 Å². The van der Waals surface area contributed by atoms with Gasteiger partial charge < -0.3 is 5.73 Å². The van der Waals surface area contributed by atoms with Crippen LogP contribution in [0.2, 0.25) is 0 Å². The molecule has 0 saturated carbocycles. The molecule has 1 nitrogen and oxygen atoms in total. The van der Waals surface area contributed by atoms with Crippen LogP contribution in [0.3, 0.4) is 0 Å². The molecular formula is C15H14ClNS. The smallest absolute Gasteiger partial charge is 0.0646 e. The molecule has 0 spiro atoms. The van der Waals surface area contributed by atoms with Gasteiger partial charge in [0, 0.05) is 4.88 Å². The van der Waals surface area contributed by atoms with E-state index >= 15 is 0 Å². The molecular weight excluding hydrogens is 262 g/mol. The predicted octanol–water partition coefficient (Wildman–Crippen LogP) is 4.37. The Morgan fingerprint density at radius 3 is 2.39 bits per heavy atom. The standard InChI is InChI=1S/C15H13NS.ClH/c16-15(14-6-3-9-17-14)13-8-7-11-4-1-2-5-12(11)10-13;/h1-10,15H,16H2;1H/t15-;/m0./s1. The molecule has 3 aromatic rings. The lowest BCUT2D eigenvalue weighted by atomic mass is 10.0. The summed E-state index contributed by atoms with van der Waals surface area (Å²) in [5.74, 6) is 0. The molecule has 0 aliphatic heterocycles. The maximum absolute atomic E-state index is 6.26. The zero-order valence-corrected chi connectivity index (χ0v) is 11.4. The highest BCUT2D eigenvalue weighted by atomic mass is 35.5. The van der Waals surface area contributed by atoms with Crippen molar-refractivity contribution in [3.05, 3.63) is 70.4 Å². The molecule has 0 amide bonds. The van der Waals surface area contributed by atoms with Crippen molar-refractivity contribution in [2.24, 2.45) is 5.73 Å². The summed E-state index contributed by atoms with van der Waals surface area (Å²) >= 11 is 1.71. The summed E-state index contributed by atoms with van der Waals surface area (Å²) in [4.78, 5) is 1.21. The van der Waals surface area contributed by atoms with Gasteiger partial charge in [-0.05, 0) is 33.8 Å². The van der Waals surface area contributed by atoms with Gasteiger partial charge in [-0.25, -0.2) is 0 Å². The monoisotopic (exact) mass is 275 g/mol. The number of nitrogens with two attached hydrogens (primary N) is 1. The van der Waals surface area contributed by atoms with Gasteiger partial charge in [-0.1, -0.05) is 42.5 Å². The van der Waals surface area contributed by atoms with Crippen LogP contribution in [0.15, 0.2) is 60.0 Å². The van der Waals surface area contributed by atoms with Crippen molar-refractivity contribution in [1.82, 2.24) is 0 Å². The average Bonchev–Trinajstić information content (AvgIpc) is 2.91. The Morgan fingerprint density at radius 2 is 1.67 bits per heavy atom. The van der Waals surface area contributed by atoms with Crippen LogP contribution in [0.25, 0.3) is 10.8 Å². The van der Waals surface area contributed by atoms with Gasteiger partial charge in [0.25, 0.3) is 0 Å². The lowest BCUT2D eigenvalue weighted by Gasteiger charge is -2.11. The van der Waals surface area contributed by atoms with Gasteiger partial charge in [0.2, 0.25) is 0 Å². The average molecular weight is 276 g/mol. The quantitative estimate of drug-likeness (QED) is 0.738. The molecule has 0 unspecified atom stereocenters. The Kier molecular flexibility index (Phi) is 4.02. The fourth-order valence-electron chi connectivity index (χ4n) is 2.03. The van der Waals surface area contributed by atoms with Crippen LogP contribution in [-0.2, 0) is 0 Å². The summed E-state index contributed by atoms with van der Waals surface area (Å²) in [6.45, 7) is 0. The van der Waals surface area contributed by atoms with E-state index in [1.165, 1.54) is 21.2 Å². The second kappa shape index (κ2) is 5.53. The van der Waals surface area contributed by atoms with E-state index in [0.717, 1.165) is 0 Å². The SMILES string of the molecule is Cl.N[C@@H](c1ccc2ccccc2c1)c1cccs1. The fourth-order valence-corrected chi connectivity index (χ4v) is 2.79. The minimum absolute atomic E-state index is 0. The minimum Gasteiger partial charge on any atom is -0.320 e. The van der Waals surface area contributed by atoms with Crippen LogP contribution in [-0.4, -0.2) is 0 Å². The van der Waals surface area contributed by atoms with Gasteiger partial charge in [-0.2, -0.15) is 0 Å². The third kappa shape index (κ3) is 2.41. The molecule has 1 heterocycles.